The van der Waals surface area contributed by atoms with Crippen molar-refractivity contribution in [1.29, 1.82) is 0 Å². The fraction of sp³-hybridized carbons (Fsp3) is 0.525. The molecule has 4 aromatic rings. The minimum atomic E-state index is -0.950. The molecule has 7 rings (SSSR count). The molecule has 1 spiro atoms. The molecule has 0 radical (unpaired) electrons. The van der Waals surface area contributed by atoms with Crippen LogP contribution in [0.15, 0.2) is 42.7 Å². The second kappa shape index (κ2) is 16.0. The zero-order chi connectivity index (χ0) is 38.0. The third-order valence-corrected chi connectivity index (χ3v) is 11.3. The Morgan fingerprint density at radius 2 is 1.93 bits per heavy atom. The Balaban J connectivity index is 0.979. The third-order valence-electron chi connectivity index (χ3n) is 11.3. The van der Waals surface area contributed by atoms with Crippen molar-refractivity contribution in [3.63, 3.8) is 0 Å². The number of fused-ring (bicyclic) bond motifs is 1. The zero-order valence-corrected chi connectivity index (χ0v) is 31.6. The molecule has 0 saturated carbocycles. The Hall–Kier alpha value is -4.66. The van der Waals surface area contributed by atoms with Gasteiger partial charge in [0.2, 0.25) is 0 Å². The van der Waals surface area contributed by atoms with Gasteiger partial charge >= 0.3 is 5.97 Å². The first-order valence-corrected chi connectivity index (χ1v) is 19.1. The molecule has 2 aromatic heterocycles. The van der Waals surface area contributed by atoms with Crippen molar-refractivity contribution in [2.45, 2.75) is 85.2 Å². The van der Waals surface area contributed by atoms with Crippen molar-refractivity contribution < 1.29 is 33.3 Å². The third kappa shape index (κ3) is 7.78. The lowest BCUT2D eigenvalue weighted by atomic mass is 9.72. The molecule has 0 bridgehead atoms. The summed E-state index contributed by atoms with van der Waals surface area (Å²) < 4.78 is 34.0. The molecule has 5 heterocycles. The predicted octanol–water partition coefficient (Wildman–Crippen LogP) is 6.28. The van der Waals surface area contributed by atoms with Crippen LogP contribution in [0.1, 0.15) is 84.8 Å². The highest BCUT2D eigenvalue weighted by atomic mass is 19.1. The maximum absolute atomic E-state index is 14.3. The maximum Gasteiger partial charge on any atom is 0.352 e. The molecule has 1 unspecified atom stereocenters. The minimum Gasteiger partial charge on any atom is -0.477 e. The van der Waals surface area contributed by atoms with E-state index in [1.165, 1.54) is 30.1 Å². The van der Waals surface area contributed by atoms with Crippen LogP contribution in [-0.4, -0.2) is 105 Å². The van der Waals surface area contributed by atoms with E-state index in [1.54, 1.807) is 11.0 Å². The Morgan fingerprint density at radius 3 is 2.63 bits per heavy atom. The average Bonchev–Trinajstić information content (AvgIpc) is 3.53. The van der Waals surface area contributed by atoms with Crippen LogP contribution >= 0.6 is 0 Å². The number of benzene rings is 2. The largest absolute Gasteiger partial charge is 0.477 e. The van der Waals surface area contributed by atoms with Crippen LogP contribution in [0.25, 0.3) is 10.9 Å². The number of anilines is 1. The van der Waals surface area contributed by atoms with E-state index in [-0.39, 0.29) is 46.5 Å². The Bertz CT molecular complexity index is 1980. The number of hydrogen-bond donors (Lipinski definition) is 1. The Morgan fingerprint density at radius 1 is 1.13 bits per heavy atom. The van der Waals surface area contributed by atoms with Gasteiger partial charge in [-0.2, -0.15) is 0 Å². The van der Waals surface area contributed by atoms with E-state index >= 15 is 0 Å². The molecule has 0 aliphatic carbocycles. The van der Waals surface area contributed by atoms with Crippen molar-refractivity contribution >= 4 is 28.6 Å². The molecule has 3 fully saturated rings. The molecule has 3 saturated heterocycles. The summed E-state index contributed by atoms with van der Waals surface area (Å²) >= 11 is 0. The summed E-state index contributed by atoms with van der Waals surface area (Å²) in [7, 11) is 0. The van der Waals surface area contributed by atoms with Crippen molar-refractivity contribution in [3.05, 3.63) is 70.9 Å². The molecule has 13 nitrogen and oxygen atoms in total. The molecule has 54 heavy (non-hydrogen) atoms. The van der Waals surface area contributed by atoms with Crippen LogP contribution in [0.4, 0.5) is 10.2 Å². The van der Waals surface area contributed by atoms with E-state index in [9.17, 15) is 19.1 Å². The number of aromatic carboxylic acids is 1. The van der Waals surface area contributed by atoms with E-state index in [2.05, 4.69) is 38.0 Å². The summed E-state index contributed by atoms with van der Waals surface area (Å²) in [6.07, 6.45) is 6.20. The van der Waals surface area contributed by atoms with Gasteiger partial charge in [0.15, 0.2) is 12.1 Å². The number of rotatable bonds is 13. The number of ether oxygens (including phenoxy) is 3. The molecule has 3 aliphatic heterocycles. The maximum atomic E-state index is 14.3. The lowest BCUT2D eigenvalue weighted by molar-refractivity contribution is -0.163. The Kier molecular flexibility index (Phi) is 11.1. The molecular weight excluding hydrogens is 693 g/mol. The highest BCUT2D eigenvalue weighted by Gasteiger charge is 2.46. The number of aryl methyl sites for hydroxylation is 1. The number of halogens is 1. The standard InChI is InChI=1S/C40H50FN7O6/c1-5-47(26(2)3)38(49)31-20-29(41)10-12-34(31)54-37-36(42-25-43-44-37)46-23-40(24-46)13-15-45(16-14-40)22-28-9-11-32-30(27(28)4)21-33(39(50)51)48(32)17-19-53-35-8-6-7-18-52-35/h9-12,20-21,25-26,35H,5-8,13-19,22-24H2,1-4H3,(H,50,51). The highest BCUT2D eigenvalue weighted by Crippen LogP contribution is 2.45. The second-order valence-electron chi connectivity index (χ2n) is 15.1. The summed E-state index contributed by atoms with van der Waals surface area (Å²) in [5.74, 6) is -0.871. The lowest BCUT2D eigenvalue weighted by Crippen LogP contribution is -2.60. The first-order valence-electron chi connectivity index (χ1n) is 19.1. The van der Waals surface area contributed by atoms with Crippen LogP contribution < -0.4 is 9.64 Å². The fourth-order valence-corrected chi connectivity index (χ4v) is 8.19. The SMILES string of the molecule is CCN(C(=O)c1cc(F)ccc1Oc1nncnc1N1CC2(CCN(Cc3ccc4c(cc(C(=O)O)n4CCOC4CCCCO4)c3C)CC2)C1)C(C)C. The van der Waals surface area contributed by atoms with Crippen LogP contribution in [0, 0.1) is 18.2 Å². The average molecular weight is 744 g/mol. The van der Waals surface area contributed by atoms with Gasteiger partial charge in [-0.1, -0.05) is 6.07 Å². The van der Waals surface area contributed by atoms with Gasteiger partial charge in [-0.05, 0) is 114 Å². The van der Waals surface area contributed by atoms with Gasteiger partial charge in [-0.3, -0.25) is 9.69 Å². The number of carboxylic acids is 1. The van der Waals surface area contributed by atoms with Crippen molar-refractivity contribution in [1.82, 2.24) is 29.5 Å². The topological polar surface area (TPSA) is 135 Å². The summed E-state index contributed by atoms with van der Waals surface area (Å²) in [6.45, 7) is 14.0. The first kappa shape index (κ1) is 37.6. The number of likely N-dealkylation sites (tertiary alicyclic amines) is 1. The molecular formula is C40H50FN7O6. The summed E-state index contributed by atoms with van der Waals surface area (Å²) in [5.41, 5.74) is 3.71. The van der Waals surface area contributed by atoms with E-state index in [1.807, 2.05) is 31.4 Å². The van der Waals surface area contributed by atoms with Gasteiger partial charge in [0.25, 0.3) is 11.8 Å². The van der Waals surface area contributed by atoms with Gasteiger partial charge < -0.3 is 33.7 Å². The van der Waals surface area contributed by atoms with Crippen molar-refractivity contribution in [3.8, 4) is 11.6 Å². The van der Waals surface area contributed by atoms with Crippen LogP contribution in [0.3, 0.4) is 0 Å². The van der Waals surface area contributed by atoms with Gasteiger partial charge in [-0.25, -0.2) is 14.2 Å². The van der Waals surface area contributed by atoms with Crippen molar-refractivity contribution in [2.24, 2.45) is 5.41 Å². The number of amides is 1. The number of nitrogens with zero attached hydrogens (tertiary/aromatic N) is 7. The highest BCUT2D eigenvalue weighted by molar-refractivity contribution is 5.97. The molecule has 1 atom stereocenters. The number of carbonyl (C=O) groups is 2. The number of piperidine rings is 1. The first-order chi connectivity index (χ1) is 26.1. The van der Waals surface area contributed by atoms with Gasteiger partial charge in [0.1, 0.15) is 23.6 Å². The molecule has 1 amide bonds. The molecule has 1 N–H and O–H groups in total. The molecule has 3 aliphatic rings. The second-order valence-corrected chi connectivity index (χ2v) is 15.1. The number of carboxylic acid groups (broad SMARTS) is 1. The number of carbonyl (C=O) groups excluding carboxylic acids is 1. The monoisotopic (exact) mass is 743 g/mol. The van der Waals surface area contributed by atoms with Crippen LogP contribution in [0.5, 0.6) is 11.6 Å². The van der Waals surface area contributed by atoms with Gasteiger partial charge in [-0.15, -0.1) is 10.2 Å². The smallest absolute Gasteiger partial charge is 0.352 e. The molecule has 288 valence electrons. The quantitative estimate of drug-likeness (QED) is 0.166. The van der Waals surface area contributed by atoms with E-state index in [0.29, 0.717) is 32.1 Å². The van der Waals surface area contributed by atoms with Gasteiger partial charge in [0.05, 0.1) is 12.2 Å². The molecule has 2 aromatic carbocycles. The predicted molar refractivity (Wildman–Crippen MR) is 200 cm³/mol. The fourth-order valence-electron chi connectivity index (χ4n) is 8.19. The number of hydrogen-bond acceptors (Lipinski definition) is 10. The van der Waals surface area contributed by atoms with Crippen LogP contribution in [0.2, 0.25) is 0 Å². The summed E-state index contributed by atoms with van der Waals surface area (Å²) in [5, 5.41) is 19.2. The van der Waals surface area contributed by atoms with Crippen LogP contribution in [-0.2, 0) is 22.6 Å². The summed E-state index contributed by atoms with van der Waals surface area (Å²) in [4.78, 5) is 36.4. The lowest BCUT2D eigenvalue weighted by Gasteiger charge is -2.54. The molecule has 14 heteroatoms. The number of aromatic nitrogens is 4. The van der Waals surface area contributed by atoms with E-state index in [0.717, 1.165) is 81.3 Å². The summed E-state index contributed by atoms with van der Waals surface area (Å²) in [6, 6.07) is 9.82. The Labute approximate surface area is 315 Å². The van der Waals surface area contributed by atoms with E-state index < -0.39 is 11.8 Å². The van der Waals surface area contributed by atoms with Crippen molar-refractivity contribution in [2.75, 3.05) is 50.8 Å². The normalized spacial score (nSPS) is 18.6. The van der Waals surface area contributed by atoms with E-state index in [4.69, 9.17) is 14.2 Å². The minimum absolute atomic E-state index is 0.0682. The van der Waals surface area contributed by atoms with Gasteiger partial charge in [0, 0.05) is 61.7 Å². The zero-order valence-electron chi connectivity index (χ0n) is 31.6.